The second kappa shape index (κ2) is 5.75. The molecule has 0 aliphatic heterocycles. The molecule has 2 N–H and O–H groups in total. The van der Waals surface area contributed by atoms with Crippen LogP contribution in [-0.4, -0.2) is 16.2 Å². The SMILES string of the molecule is CC(N)CCCc1nc(-c2cc(Br)cs2)no1. The van der Waals surface area contributed by atoms with Gasteiger partial charge in [0.2, 0.25) is 11.7 Å². The highest BCUT2D eigenvalue weighted by molar-refractivity contribution is 9.10. The number of rotatable bonds is 5. The fraction of sp³-hybridized carbons (Fsp3) is 0.455. The van der Waals surface area contributed by atoms with Crippen molar-refractivity contribution in [3.8, 4) is 10.7 Å². The van der Waals surface area contributed by atoms with Gasteiger partial charge in [0.05, 0.1) is 4.88 Å². The van der Waals surface area contributed by atoms with Gasteiger partial charge in [0.15, 0.2) is 0 Å². The maximum absolute atomic E-state index is 5.69. The summed E-state index contributed by atoms with van der Waals surface area (Å²) in [6.45, 7) is 2.00. The molecule has 0 saturated carbocycles. The quantitative estimate of drug-likeness (QED) is 0.920. The van der Waals surface area contributed by atoms with Gasteiger partial charge in [-0.3, -0.25) is 0 Å². The third-order valence-corrected chi connectivity index (χ3v) is 3.99. The molecule has 0 radical (unpaired) electrons. The summed E-state index contributed by atoms with van der Waals surface area (Å²) in [6, 6.07) is 2.21. The van der Waals surface area contributed by atoms with Crippen molar-refractivity contribution in [3.63, 3.8) is 0 Å². The van der Waals surface area contributed by atoms with Crippen LogP contribution in [-0.2, 0) is 6.42 Å². The summed E-state index contributed by atoms with van der Waals surface area (Å²) >= 11 is 5.00. The minimum absolute atomic E-state index is 0.227. The second-order valence-corrected chi connectivity index (χ2v) is 5.84. The number of halogens is 1. The number of aromatic nitrogens is 2. The average Bonchev–Trinajstić information content (AvgIpc) is 2.86. The van der Waals surface area contributed by atoms with Crippen molar-refractivity contribution < 1.29 is 4.52 Å². The summed E-state index contributed by atoms with van der Waals surface area (Å²) in [4.78, 5) is 5.37. The van der Waals surface area contributed by atoms with E-state index in [9.17, 15) is 0 Å². The highest BCUT2D eigenvalue weighted by atomic mass is 79.9. The molecule has 92 valence electrons. The van der Waals surface area contributed by atoms with Crippen LogP contribution in [0.2, 0.25) is 0 Å². The zero-order chi connectivity index (χ0) is 12.3. The van der Waals surface area contributed by atoms with Crippen LogP contribution >= 0.6 is 27.3 Å². The molecule has 0 amide bonds. The molecule has 2 aromatic heterocycles. The molecular formula is C11H14BrN3OS. The van der Waals surface area contributed by atoms with Gasteiger partial charge >= 0.3 is 0 Å². The summed E-state index contributed by atoms with van der Waals surface area (Å²) in [5.41, 5.74) is 5.69. The third-order valence-electron chi connectivity index (χ3n) is 2.31. The highest BCUT2D eigenvalue weighted by Gasteiger charge is 2.10. The summed E-state index contributed by atoms with van der Waals surface area (Å²) in [7, 11) is 0. The van der Waals surface area contributed by atoms with Gasteiger partial charge in [-0.05, 0) is 41.8 Å². The van der Waals surface area contributed by atoms with Crippen molar-refractivity contribution >= 4 is 27.3 Å². The largest absolute Gasteiger partial charge is 0.339 e. The van der Waals surface area contributed by atoms with E-state index in [4.69, 9.17) is 10.3 Å². The number of aryl methyl sites for hydroxylation is 1. The summed E-state index contributed by atoms with van der Waals surface area (Å²) in [5, 5.41) is 5.97. The number of hydrogen-bond donors (Lipinski definition) is 1. The zero-order valence-electron chi connectivity index (χ0n) is 9.52. The van der Waals surface area contributed by atoms with Gasteiger partial charge in [-0.15, -0.1) is 11.3 Å². The van der Waals surface area contributed by atoms with E-state index in [2.05, 4.69) is 26.1 Å². The Morgan fingerprint density at radius 3 is 3.06 bits per heavy atom. The third kappa shape index (κ3) is 3.62. The van der Waals surface area contributed by atoms with E-state index >= 15 is 0 Å². The first-order valence-corrected chi connectivity index (χ1v) is 7.15. The summed E-state index contributed by atoms with van der Waals surface area (Å²) in [5.74, 6) is 1.35. The molecule has 0 spiro atoms. The monoisotopic (exact) mass is 315 g/mol. The second-order valence-electron chi connectivity index (χ2n) is 4.01. The van der Waals surface area contributed by atoms with Crippen LogP contribution in [0.5, 0.6) is 0 Å². The molecule has 1 atom stereocenters. The van der Waals surface area contributed by atoms with E-state index in [1.165, 1.54) is 0 Å². The predicted molar refractivity (Wildman–Crippen MR) is 71.9 cm³/mol. The molecule has 17 heavy (non-hydrogen) atoms. The minimum atomic E-state index is 0.227. The molecule has 0 bridgehead atoms. The van der Waals surface area contributed by atoms with E-state index < -0.39 is 0 Å². The van der Waals surface area contributed by atoms with Crippen molar-refractivity contribution in [1.29, 1.82) is 0 Å². The Balaban J connectivity index is 1.96. The Morgan fingerprint density at radius 2 is 2.41 bits per heavy atom. The first-order chi connectivity index (χ1) is 8.15. The molecule has 2 rings (SSSR count). The van der Waals surface area contributed by atoms with Crippen LogP contribution in [0.3, 0.4) is 0 Å². The Morgan fingerprint density at radius 1 is 1.59 bits per heavy atom. The lowest BCUT2D eigenvalue weighted by Gasteiger charge is -2.00. The van der Waals surface area contributed by atoms with E-state index in [0.717, 1.165) is 28.6 Å². The topological polar surface area (TPSA) is 64.9 Å². The first-order valence-electron chi connectivity index (χ1n) is 5.47. The lowest BCUT2D eigenvalue weighted by atomic mass is 10.1. The van der Waals surface area contributed by atoms with E-state index in [-0.39, 0.29) is 6.04 Å². The Bertz CT molecular complexity index is 481. The Kier molecular flexibility index (Phi) is 4.31. The number of hydrogen-bond acceptors (Lipinski definition) is 5. The molecule has 1 unspecified atom stereocenters. The molecule has 6 heteroatoms. The Hall–Kier alpha value is -0.720. The average molecular weight is 316 g/mol. The maximum Gasteiger partial charge on any atom is 0.226 e. The fourth-order valence-corrected chi connectivity index (χ4v) is 2.81. The van der Waals surface area contributed by atoms with Crippen LogP contribution in [0, 0.1) is 0 Å². The molecule has 0 saturated heterocycles. The van der Waals surface area contributed by atoms with Gasteiger partial charge < -0.3 is 10.3 Å². The predicted octanol–water partition coefficient (Wildman–Crippen LogP) is 3.23. The lowest BCUT2D eigenvalue weighted by molar-refractivity contribution is 0.373. The fourth-order valence-electron chi connectivity index (χ4n) is 1.46. The number of nitrogens with zero attached hydrogens (tertiary/aromatic N) is 2. The van der Waals surface area contributed by atoms with Crippen LogP contribution in [0.1, 0.15) is 25.7 Å². The maximum atomic E-state index is 5.69. The number of thiophene rings is 1. The highest BCUT2D eigenvalue weighted by Crippen LogP contribution is 2.27. The lowest BCUT2D eigenvalue weighted by Crippen LogP contribution is -2.14. The summed E-state index contributed by atoms with van der Waals surface area (Å²) < 4.78 is 6.24. The van der Waals surface area contributed by atoms with Crippen molar-refractivity contribution in [2.45, 2.75) is 32.2 Å². The molecule has 2 aromatic rings. The van der Waals surface area contributed by atoms with Gasteiger partial charge in [-0.25, -0.2) is 0 Å². The van der Waals surface area contributed by atoms with Crippen molar-refractivity contribution in [2.75, 3.05) is 0 Å². The first kappa shape index (κ1) is 12.7. The van der Waals surface area contributed by atoms with Crippen LogP contribution in [0.4, 0.5) is 0 Å². The smallest absolute Gasteiger partial charge is 0.226 e. The molecule has 0 aliphatic carbocycles. The van der Waals surface area contributed by atoms with Gasteiger partial charge in [0, 0.05) is 22.3 Å². The molecule has 0 aliphatic rings. The van der Waals surface area contributed by atoms with Gasteiger partial charge in [0.1, 0.15) is 0 Å². The molecule has 4 nitrogen and oxygen atoms in total. The number of nitrogens with two attached hydrogens (primary N) is 1. The Labute approximate surface area is 112 Å². The van der Waals surface area contributed by atoms with Crippen molar-refractivity contribution in [2.24, 2.45) is 5.73 Å². The standard InChI is InChI=1S/C11H14BrN3OS/c1-7(13)3-2-4-10-14-11(15-16-10)9-5-8(12)6-17-9/h5-7H,2-4,13H2,1H3. The van der Waals surface area contributed by atoms with Crippen molar-refractivity contribution in [3.05, 3.63) is 21.8 Å². The van der Waals surface area contributed by atoms with E-state index in [1.54, 1.807) is 11.3 Å². The molecule has 0 fully saturated rings. The molecule has 2 heterocycles. The minimum Gasteiger partial charge on any atom is -0.339 e. The van der Waals surface area contributed by atoms with Crippen molar-refractivity contribution in [1.82, 2.24) is 10.1 Å². The van der Waals surface area contributed by atoms with Crippen LogP contribution in [0.15, 0.2) is 20.4 Å². The zero-order valence-corrected chi connectivity index (χ0v) is 11.9. The van der Waals surface area contributed by atoms with Crippen LogP contribution in [0.25, 0.3) is 10.7 Å². The van der Waals surface area contributed by atoms with E-state index in [1.807, 2.05) is 18.4 Å². The van der Waals surface area contributed by atoms with Gasteiger partial charge in [0.25, 0.3) is 0 Å². The van der Waals surface area contributed by atoms with Crippen LogP contribution < -0.4 is 5.73 Å². The van der Waals surface area contributed by atoms with Gasteiger partial charge in [-0.1, -0.05) is 5.16 Å². The summed E-state index contributed by atoms with van der Waals surface area (Å²) in [6.07, 6.45) is 2.75. The normalized spacial score (nSPS) is 12.9. The van der Waals surface area contributed by atoms with E-state index in [0.29, 0.717) is 11.7 Å². The molecule has 0 aromatic carbocycles. The molecular weight excluding hydrogens is 302 g/mol. The van der Waals surface area contributed by atoms with Gasteiger partial charge in [-0.2, -0.15) is 4.98 Å².